The summed E-state index contributed by atoms with van der Waals surface area (Å²) in [5.41, 5.74) is 3.62. The molecule has 2 unspecified atom stereocenters. The smallest absolute Gasteiger partial charge is 0.407 e. The van der Waals surface area contributed by atoms with Crippen LogP contribution in [0.5, 0.6) is 0 Å². The molecule has 8 nitrogen and oxygen atoms in total. The number of H-pyrrole nitrogens is 1. The molecule has 1 aliphatic carbocycles. The van der Waals surface area contributed by atoms with Gasteiger partial charge in [0, 0.05) is 33.6 Å². The minimum Gasteiger partial charge on any atom is -0.465 e. The van der Waals surface area contributed by atoms with Gasteiger partial charge in [0.25, 0.3) is 0 Å². The molecule has 1 aromatic carbocycles. The highest BCUT2D eigenvalue weighted by Gasteiger charge is 2.39. The maximum absolute atomic E-state index is 11.8. The van der Waals surface area contributed by atoms with Gasteiger partial charge < -0.3 is 19.4 Å². The Kier molecular flexibility index (Phi) is 7.40. The van der Waals surface area contributed by atoms with E-state index < -0.39 is 19.6 Å². The summed E-state index contributed by atoms with van der Waals surface area (Å²) in [5, 5.41) is 9.65. The van der Waals surface area contributed by atoms with E-state index in [-0.39, 0.29) is 6.04 Å². The summed E-state index contributed by atoms with van der Waals surface area (Å²) < 4.78 is 7.95. The Morgan fingerprint density at radius 2 is 2.05 bits per heavy atom. The van der Waals surface area contributed by atoms with Crippen molar-refractivity contribution < 1.29 is 14.6 Å². The van der Waals surface area contributed by atoms with Gasteiger partial charge in [-0.1, -0.05) is 68.2 Å². The Hall–Kier alpha value is -3.43. The van der Waals surface area contributed by atoms with Gasteiger partial charge in [-0.25, -0.2) is 14.8 Å². The summed E-state index contributed by atoms with van der Waals surface area (Å²) in [7, 11) is -1.15. The number of amides is 1. The molecule has 0 bridgehead atoms. The van der Waals surface area contributed by atoms with E-state index in [9.17, 15) is 9.90 Å². The fourth-order valence-corrected chi connectivity index (χ4v) is 5.99. The number of nitrogens with zero attached hydrogens (tertiary/aromatic N) is 4. The van der Waals surface area contributed by atoms with Crippen LogP contribution in [0.15, 0.2) is 67.3 Å². The van der Waals surface area contributed by atoms with Gasteiger partial charge >= 0.3 is 6.09 Å². The van der Waals surface area contributed by atoms with Crippen LogP contribution in [0.3, 0.4) is 0 Å². The Morgan fingerprint density at radius 1 is 1.24 bits per heavy atom. The normalized spacial score (nSPS) is 21.6. The van der Waals surface area contributed by atoms with Crippen LogP contribution in [0.2, 0.25) is 25.7 Å². The Balaban J connectivity index is 1.43. The van der Waals surface area contributed by atoms with Crippen molar-refractivity contribution in [1.29, 1.82) is 0 Å². The number of nitrogens with one attached hydrogen (secondary N) is 1. The van der Waals surface area contributed by atoms with E-state index in [0.29, 0.717) is 25.5 Å². The van der Waals surface area contributed by atoms with Gasteiger partial charge in [0.05, 0.1) is 29.2 Å². The van der Waals surface area contributed by atoms with Gasteiger partial charge in [0.1, 0.15) is 12.6 Å². The van der Waals surface area contributed by atoms with Gasteiger partial charge in [-0.3, -0.25) is 4.90 Å². The first kappa shape index (κ1) is 26.2. The van der Waals surface area contributed by atoms with Crippen molar-refractivity contribution in [2.45, 2.75) is 63.1 Å². The second kappa shape index (κ2) is 10.7. The second-order valence-electron chi connectivity index (χ2n) is 11.5. The first-order valence-corrected chi connectivity index (χ1v) is 17.1. The minimum absolute atomic E-state index is 0.251. The maximum Gasteiger partial charge on any atom is 0.407 e. The monoisotopic (exact) mass is 531 g/mol. The third-order valence-electron chi connectivity index (χ3n) is 7.52. The molecule has 1 saturated heterocycles. The van der Waals surface area contributed by atoms with E-state index in [4.69, 9.17) is 9.72 Å². The number of ether oxygens (including phenoxy) is 1. The van der Waals surface area contributed by atoms with Crippen molar-refractivity contribution in [2.75, 3.05) is 13.2 Å². The highest BCUT2D eigenvalue weighted by Crippen LogP contribution is 2.41. The lowest BCUT2D eigenvalue weighted by Crippen LogP contribution is -2.30. The highest BCUT2D eigenvalue weighted by molar-refractivity contribution is 6.76. The van der Waals surface area contributed by atoms with Gasteiger partial charge in [0.15, 0.2) is 0 Å². The van der Waals surface area contributed by atoms with E-state index >= 15 is 0 Å². The molecule has 1 aliphatic heterocycles. The molecule has 2 N–H and O–H groups in total. The zero-order chi connectivity index (χ0) is 26.8. The van der Waals surface area contributed by atoms with Gasteiger partial charge in [0.2, 0.25) is 0 Å². The third kappa shape index (κ3) is 5.54. The fraction of sp³-hybridized carbons (Fsp3) is 0.414. The first-order valence-electron chi connectivity index (χ1n) is 13.3. The number of hydrogen-bond acceptors (Lipinski definition) is 4. The van der Waals surface area contributed by atoms with Gasteiger partial charge in [-0.2, -0.15) is 0 Å². The molecule has 1 amide bonds. The number of imidazole rings is 2. The first-order chi connectivity index (χ1) is 18.2. The van der Waals surface area contributed by atoms with Gasteiger partial charge in [-0.05, 0) is 36.4 Å². The van der Waals surface area contributed by atoms with Crippen LogP contribution < -0.4 is 0 Å². The Morgan fingerprint density at radius 3 is 2.76 bits per heavy atom. The average molecular weight is 532 g/mol. The van der Waals surface area contributed by atoms with Crippen LogP contribution in [-0.2, 0) is 16.9 Å². The van der Waals surface area contributed by atoms with Crippen molar-refractivity contribution in [3.63, 3.8) is 0 Å². The number of carbonyl (C=O) groups is 1. The molecular formula is C29H37N5O3Si. The molecule has 2 aromatic heterocycles. The fourth-order valence-electron chi connectivity index (χ4n) is 5.23. The predicted molar refractivity (Wildman–Crippen MR) is 151 cm³/mol. The zero-order valence-electron chi connectivity index (χ0n) is 22.4. The molecule has 0 radical (unpaired) electrons. The molecule has 2 atom stereocenters. The number of aromatic nitrogens is 4. The van der Waals surface area contributed by atoms with Crippen LogP contribution in [0.25, 0.3) is 5.57 Å². The molecule has 200 valence electrons. The third-order valence-corrected chi connectivity index (χ3v) is 9.22. The summed E-state index contributed by atoms with van der Waals surface area (Å²) >= 11 is 0. The predicted octanol–water partition coefficient (Wildman–Crippen LogP) is 6.06. The molecule has 3 aromatic rings. The summed E-state index contributed by atoms with van der Waals surface area (Å²) in [6.45, 7) is 8.80. The lowest BCUT2D eigenvalue weighted by molar-refractivity contribution is 0.0870. The van der Waals surface area contributed by atoms with Crippen LogP contribution in [0, 0.1) is 0 Å². The van der Waals surface area contributed by atoms with E-state index in [1.54, 1.807) is 0 Å². The minimum atomic E-state index is -1.15. The number of carboxylic acid groups (broad SMARTS) is 1. The largest absolute Gasteiger partial charge is 0.465 e. The quantitative estimate of drug-likeness (QED) is 0.258. The van der Waals surface area contributed by atoms with E-state index in [1.807, 2.05) is 35.3 Å². The summed E-state index contributed by atoms with van der Waals surface area (Å²) in [4.78, 5) is 26.2. The van der Waals surface area contributed by atoms with Crippen molar-refractivity contribution in [2.24, 2.45) is 0 Å². The number of allylic oxidation sites excluding steroid dienone is 4. The average Bonchev–Trinajstić information content (AvgIpc) is 3.67. The summed E-state index contributed by atoms with van der Waals surface area (Å²) in [6, 6.07) is 11.2. The van der Waals surface area contributed by atoms with Crippen molar-refractivity contribution in [3.8, 4) is 0 Å². The number of likely N-dealkylation sites (tertiary alicyclic amines) is 1. The topological polar surface area (TPSA) is 96.3 Å². The highest BCUT2D eigenvalue weighted by atomic mass is 28.3. The SMILES string of the molecule is C[Si](C)(C)CCOCn1cnc(C2(c3cnc(C4CCCN4C(=O)O)[nH]3)C=CC(c3ccccc3)=CC2)c1. The molecule has 0 spiro atoms. The van der Waals surface area contributed by atoms with Crippen molar-refractivity contribution in [1.82, 2.24) is 24.4 Å². The van der Waals surface area contributed by atoms with Crippen LogP contribution >= 0.6 is 0 Å². The van der Waals surface area contributed by atoms with Gasteiger partial charge in [-0.15, -0.1) is 0 Å². The second-order valence-corrected chi connectivity index (χ2v) is 17.1. The molecular weight excluding hydrogens is 494 g/mol. The molecule has 3 heterocycles. The summed E-state index contributed by atoms with van der Waals surface area (Å²) in [6.07, 6.45) is 13.7. The molecule has 9 heteroatoms. The zero-order valence-corrected chi connectivity index (χ0v) is 23.4. The van der Waals surface area contributed by atoms with E-state index in [2.05, 4.69) is 66.2 Å². The van der Waals surface area contributed by atoms with Crippen molar-refractivity contribution in [3.05, 3.63) is 90.1 Å². The maximum atomic E-state index is 11.8. The van der Waals surface area contributed by atoms with Crippen LogP contribution in [0.4, 0.5) is 4.79 Å². The number of benzene rings is 1. The van der Waals surface area contributed by atoms with E-state index in [1.165, 1.54) is 16.0 Å². The number of hydrogen-bond donors (Lipinski definition) is 2. The Labute approximate surface area is 225 Å². The Bertz CT molecular complexity index is 1320. The molecule has 38 heavy (non-hydrogen) atoms. The van der Waals surface area contributed by atoms with Crippen LogP contribution in [-0.4, -0.2) is 56.8 Å². The lowest BCUT2D eigenvalue weighted by Gasteiger charge is -2.30. The molecule has 1 fully saturated rings. The molecule has 0 saturated carbocycles. The van der Waals surface area contributed by atoms with E-state index in [0.717, 1.165) is 36.9 Å². The standard InChI is InChI=1S/C29H37N5O3Si/c1-38(2,3)17-16-37-21-33-19-26(31-20-33)29(13-11-23(12-14-29)22-8-5-4-6-9-22)25-18-30-27(32-25)24-10-7-15-34(24)28(35)36/h4-6,8-9,11-13,18-20,24H,7,10,14-17,21H2,1-3H3,(H,30,32)(H,35,36). The lowest BCUT2D eigenvalue weighted by atomic mass is 9.74. The number of rotatable bonds is 9. The molecule has 2 aliphatic rings. The molecule has 5 rings (SSSR count). The van der Waals surface area contributed by atoms with Crippen molar-refractivity contribution >= 4 is 19.7 Å². The van der Waals surface area contributed by atoms with Crippen LogP contribution in [0.1, 0.15) is 48.1 Å². The summed E-state index contributed by atoms with van der Waals surface area (Å²) in [5.74, 6) is 0.694. The number of aromatic amines is 1.